The van der Waals surface area contributed by atoms with Gasteiger partial charge in [-0.15, -0.1) is 0 Å². The lowest BCUT2D eigenvalue weighted by molar-refractivity contribution is -0.0273. The summed E-state index contributed by atoms with van der Waals surface area (Å²) in [6.45, 7) is 15.9. The van der Waals surface area contributed by atoms with Crippen LogP contribution in [0.3, 0.4) is 0 Å². The van der Waals surface area contributed by atoms with Crippen molar-refractivity contribution in [2.24, 2.45) is 4.99 Å². The molecule has 0 N–H and O–H groups in total. The highest BCUT2D eigenvalue weighted by molar-refractivity contribution is 7.80. The molecule has 0 aliphatic rings. The summed E-state index contributed by atoms with van der Waals surface area (Å²) in [5.41, 5.74) is 0. The minimum absolute atomic E-state index is 0.517. The molecule has 0 atom stereocenters. The minimum atomic E-state index is 0.517. The van der Waals surface area contributed by atoms with Crippen molar-refractivity contribution in [3.05, 3.63) is 0 Å². The normalized spacial score (nSPS) is 11.4. The summed E-state index contributed by atoms with van der Waals surface area (Å²) in [5, 5.41) is 0. The minimum Gasteiger partial charge on any atom is -0.378 e. The van der Waals surface area contributed by atoms with E-state index in [4.69, 9.17) is 52.1 Å². The second kappa shape index (κ2) is 36.6. The Balaban J connectivity index is 3.01. The molecule has 0 aromatic carbocycles. The molecule has 38 heavy (non-hydrogen) atoms. The predicted octanol–water partition coefficient (Wildman–Crippen LogP) is 0.799. The van der Waals surface area contributed by atoms with Gasteiger partial charge in [0, 0.05) is 5.75 Å². The van der Waals surface area contributed by atoms with E-state index in [0.29, 0.717) is 152 Å². The van der Waals surface area contributed by atoms with Crippen LogP contribution >= 0.6 is 12.6 Å². The van der Waals surface area contributed by atoms with Crippen LogP contribution in [0.15, 0.2) is 4.99 Å². The van der Waals surface area contributed by atoms with E-state index in [2.05, 4.69) is 24.3 Å². The van der Waals surface area contributed by atoms with Gasteiger partial charge in [-0.1, -0.05) is 0 Å². The van der Waals surface area contributed by atoms with E-state index < -0.39 is 0 Å². The smallest absolute Gasteiger partial charge is 0.0701 e. The van der Waals surface area contributed by atoms with Crippen LogP contribution in [0.1, 0.15) is 0 Å². The quantitative estimate of drug-likeness (QED) is 0.0660. The molecular weight excluding hydrogens is 522 g/mol. The van der Waals surface area contributed by atoms with Gasteiger partial charge in [-0.25, -0.2) is 0 Å². The van der Waals surface area contributed by atoms with E-state index >= 15 is 0 Å². The number of ether oxygens (including phenoxy) is 11. The van der Waals surface area contributed by atoms with Crippen LogP contribution in [-0.2, 0) is 52.1 Å². The third-order valence-electron chi connectivity index (χ3n) is 4.35. The Morgan fingerprint density at radius 2 is 0.500 bits per heavy atom. The Morgan fingerprint density at radius 1 is 0.316 bits per heavy atom. The molecule has 0 unspecified atom stereocenters. The van der Waals surface area contributed by atoms with Gasteiger partial charge in [0.05, 0.1) is 152 Å². The van der Waals surface area contributed by atoms with E-state index in [1.54, 1.807) is 0 Å². The molecule has 0 saturated carbocycles. The first kappa shape index (κ1) is 37.6. The fraction of sp³-hybridized carbons (Fsp3) is 0.960. The molecule has 0 saturated heterocycles. The Labute approximate surface area is 234 Å². The fourth-order valence-electron chi connectivity index (χ4n) is 2.49. The van der Waals surface area contributed by atoms with Crippen LogP contribution in [0.2, 0.25) is 0 Å². The molecule has 0 aromatic heterocycles. The molecule has 0 aromatic rings. The number of nitrogens with zero attached hydrogens (tertiary/aromatic N) is 1. The van der Waals surface area contributed by atoms with E-state index in [0.717, 1.165) is 5.75 Å². The highest BCUT2D eigenvalue weighted by Crippen LogP contribution is 1.87. The summed E-state index contributed by atoms with van der Waals surface area (Å²) >= 11 is 4.06. The van der Waals surface area contributed by atoms with Gasteiger partial charge in [-0.2, -0.15) is 12.6 Å². The SMILES string of the molecule is C=NCCOCCOCCOCCOCCOCCOCCOCCOCCOCCOCCOCCS. The molecule has 228 valence electrons. The highest BCUT2D eigenvalue weighted by atomic mass is 32.1. The van der Waals surface area contributed by atoms with Crippen molar-refractivity contribution in [1.82, 2.24) is 0 Å². The number of hydrogen-bond acceptors (Lipinski definition) is 13. The molecule has 0 spiro atoms. The highest BCUT2D eigenvalue weighted by Gasteiger charge is 1.96. The number of rotatable bonds is 35. The molecule has 0 bridgehead atoms. The van der Waals surface area contributed by atoms with Crippen molar-refractivity contribution >= 4 is 19.3 Å². The van der Waals surface area contributed by atoms with Gasteiger partial charge in [0.1, 0.15) is 0 Å². The number of thiol groups is 1. The molecule has 0 rings (SSSR count). The second-order valence-electron chi connectivity index (χ2n) is 7.41. The van der Waals surface area contributed by atoms with Gasteiger partial charge >= 0.3 is 0 Å². The molecular formula is C25H51NO11S. The van der Waals surface area contributed by atoms with Crippen LogP contribution in [0.4, 0.5) is 0 Å². The lowest BCUT2D eigenvalue weighted by Gasteiger charge is -2.09. The predicted molar refractivity (Wildman–Crippen MR) is 147 cm³/mol. The molecule has 13 heteroatoms. The van der Waals surface area contributed by atoms with Crippen molar-refractivity contribution in [2.75, 3.05) is 158 Å². The van der Waals surface area contributed by atoms with Gasteiger partial charge in [0.15, 0.2) is 0 Å². The van der Waals surface area contributed by atoms with E-state index in [1.165, 1.54) is 0 Å². The number of hydrogen-bond donors (Lipinski definition) is 1. The fourth-order valence-corrected chi connectivity index (χ4v) is 2.62. The zero-order chi connectivity index (χ0) is 27.5. The van der Waals surface area contributed by atoms with Crippen molar-refractivity contribution in [3.63, 3.8) is 0 Å². The standard InChI is InChI=1S/C25H51NO11S/c1-26-2-3-27-4-5-28-6-7-29-8-9-30-10-11-31-12-13-32-14-15-33-16-17-34-18-19-35-20-21-36-22-23-37-24-25-38/h38H,1-25H2. The van der Waals surface area contributed by atoms with Gasteiger partial charge in [0.25, 0.3) is 0 Å². The monoisotopic (exact) mass is 573 g/mol. The first-order valence-corrected chi connectivity index (χ1v) is 13.9. The average Bonchev–Trinajstić information content (AvgIpc) is 2.93. The van der Waals surface area contributed by atoms with Gasteiger partial charge in [-0.3, -0.25) is 4.99 Å². The summed E-state index contributed by atoms with van der Waals surface area (Å²) in [6.07, 6.45) is 0. The lowest BCUT2D eigenvalue weighted by atomic mass is 10.6. The maximum absolute atomic E-state index is 5.46. The third kappa shape index (κ3) is 35.6. The van der Waals surface area contributed by atoms with Crippen LogP contribution in [0.25, 0.3) is 0 Å². The summed E-state index contributed by atoms with van der Waals surface area (Å²) < 4.78 is 59.4. The molecule has 0 radical (unpaired) electrons. The van der Waals surface area contributed by atoms with Crippen LogP contribution < -0.4 is 0 Å². The maximum Gasteiger partial charge on any atom is 0.0701 e. The van der Waals surface area contributed by atoms with Crippen molar-refractivity contribution in [2.45, 2.75) is 0 Å². The topological polar surface area (TPSA) is 114 Å². The van der Waals surface area contributed by atoms with Crippen molar-refractivity contribution in [1.29, 1.82) is 0 Å². The Kier molecular flexibility index (Phi) is 36.2. The Hall–Kier alpha value is -0.420. The van der Waals surface area contributed by atoms with Gasteiger partial charge in [-0.05, 0) is 6.72 Å². The summed E-state index contributed by atoms with van der Waals surface area (Å²) in [4.78, 5) is 3.70. The van der Waals surface area contributed by atoms with Crippen molar-refractivity contribution in [3.8, 4) is 0 Å². The molecule has 0 heterocycles. The summed E-state index contributed by atoms with van der Waals surface area (Å²) in [5.74, 6) is 0.721. The Bertz CT molecular complexity index is 442. The van der Waals surface area contributed by atoms with E-state index in [-0.39, 0.29) is 0 Å². The Morgan fingerprint density at radius 3 is 0.684 bits per heavy atom. The second-order valence-corrected chi connectivity index (χ2v) is 7.85. The molecule has 0 aliphatic heterocycles. The van der Waals surface area contributed by atoms with Gasteiger partial charge in [0.2, 0.25) is 0 Å². The first-order chi connectivity index (χ1) is 18.9. The molecule has 0 fully saturated rings. The third-order valence-corrected chi connectivity index (χ3v) is 4.53. The van der Waals surface area contributed by atoms with Crippen LogP contribution in [0.5, 0.6) is 0 Å². The van der Waals surface area contributed by atoms with Crippen molar-refractivity contribution < 1.29 is 52.1 Å². The zero-order valence-electron chi connectivity index (χ0n) is 23.1. The largest absolute Gasteiger partial charge is 0.378 e. The lowest BCUT2D eigenvalue weighted by Crippen LogP contribution is -2.15. The average molecular weight is 574 g/mol. The summed E-state index contributed by atoms with van der Waals surface area (Å²) in [7, 11) is 0. The van der Waals surface area contributed by atoms with Gasteiger partial charge < -0.3 is 52.1 Å². The zero-order valence-corrected chi connectivity index (χ0v) is 24.0. The van der Waals surface area contributed by atoms with E-state index in [1.807, 2.05) is 0 Å². The van der Waals surface area contributed by atoms with E-state index in [9.17, 15) is 0 Å². The molecule has 0 amide bonds. The van der Waals surface area contributed by atoms with Crippen LogP contribution in [0, 0.1) is 0 Å². The molecule has 0 aliphatic carbocycles. The molecule has 12 nitrogen and oxygen atoms in total. The maximum atomic E-state index is 5.46. The number of aliphatic imine (C=N–C) groups is 1. The summed E-state index contributed by atoms with van der Waals surface area (Å²) in [6, 6.07) is 0. The van der Waals surface area contributed by atoms with Crippen LogP contribution in [-0.4, -0.2) is 164 Å². The first-order valence-electron chi connectivity index (χ1n) is 13.3.